The molecule has 0 aromatic rings. The van der Waals surface area contributed by atoms with Gasteiger partial charge in [0.1, 0.15) is 18.3 Å². The van der Waals surface area contributed by atoms with Gasteiger partial charge in [0, 0.05) is 0 Å². The Labute approximate surface area is 58.3 Å². The van der Waals surface area contributed by atoms with Gasteiger partial charge in [-0.15, -0.1) is 0 Å². The molecule has 54 valence electrons. The third-order valence-corrected chi connectivity index (χ3v) is 1.93. The van der Waals surface area contributed by atoms with Crippen LogP contribution < -0.4 is 0 Å². The van der Waals surface area contributed by atoms with Gasteiger partial charge < -0.3 is 9.84 Å². The number of hydrogen-bond acceptors (Lipinski definition) is 3. The van der Waals surface area contributed by atoms with E-state index in [1.165, 1.54) is 0 Å². The second-order valence-corrected chi connectivity index (χ2v) is 2.73. The Kier molecular flexibility index (Phi) is 1.02. The van der Waals surface area contributed by atoms with E-state index in [1.807, 2.05) is 0 Å². The van der Waals surface area contributed by atoms with Crippen molar-refractivity contribution in [3.63, 3.8) is 0 Å². The summed E-state index contributed by atoms with van der Waals surface area (Å²) in [6.07, 6.45) is 0.412. The summed E-state index contributed by atoms with van der Waals surface area (Å²) < 4.78 is 4.92. The summed E-state index contributed by atoms with van der Waals surface area (Å²) >= 11 is 0. The molecule has 1 aliphatic heterocycles. The van der Waals surface area contributed by atoms with E-state index in [2.05, 4.69) is 0 Å². The molecule has 3 heteroatoms. The van der Waals surface area contributed by atoms with Gasteiger partial charge in [-0.25, -0.2) is 0 Å². The molecule has 1 fully saturated rings. The molecule has 0 amide bonds. The average molecular weight is 140 g/mol. The van der Waals surface area contributed by atoms with Crippen molar-refractivity contribution in [3.8, 4) is 0 Å². The predicted molar refractivity (Wildman–Crippen MR) is 33.4 cm³/mol. The van der Waals surface area contributed by atoms with E-state index in [4.69, 9.17) is 9.84 Å². The van der Waals surface area contributed by atoms with E-state index in [-0.39, 0.29) is 18.0 Å². The highest BCUT2D eigenvalue weighted by Gasteiger charge is 2.51. The van der Waals surface area contributed by atoms with Gasteiger partial charge in [0.15, 0.2) is 5.78 Å². The van der Waals surface area contributed by atoms with Crippen LogP contribution in [0.4, 0.5) is 0 Å². The Morgan fingerprint density at radius 2 is 2.40 bits per heavy atom. The van der Waals surface area contributed by atoms with Crippen LogP contribution in [0, 0.1) is 0 Å². The summed E-state index contributed by atoms with van der Waals surface area (Å²) in [4.78, 5) is 11.0. The van der Waals surface area contributed by atoms with E-state index in [1.54, 1.807) is 13.0 Å². The zero-order valence-electron chi connectivity index (χ0n) is 5.57. The Morgan fingerprint density at radius 3 is 3.10 bits per heavy atom. The fraction of sp³-hybridized carbons (Fsp3) is 0.571. The highest BCUT2D eigenvalue weighted by atomic mass is 16.6. The Bertz CT molecular complexity index is 219. The van der Waals surface area contributed by atoms with E-state index < -0.39 is 6.10 Å². The Hall–Kier alpha value is -0.670. The SMILES string of the molecule is CC1=C[C@H](O)[C@@H]2O[C@@H]2C1=O. The van der Waals surface area contributed by atoms with Crippen LogP contribution in [-0.4, -0.2) is 29.2 Å². The lowest BCUT2D eigenvalue weighted by molar-refractivity contribution is -0.116. The van der Waals surface area contributed by atoms with E-state index in [0.29, 0.717) is 5.57 Å². The van der Waals surface area contributed by atoms with Crippen molar-refractivity contribution in [2.45, 2.75) is 25.2 Å². The maximum Gasteiger partial charge on any atom is 0.189 e. The fourth-order valence-corrected chi connectivity index (χ4v) is 1.25. The second kappa shape index (κ2) is 1.68. The molecule has 3 atom stereocenters. The molecule has 0 aromatic carbocycles. The monoisotopic (exact) mass is 140 g/mol. The van der Waals surface area contributed by atoms with Crippen molar-refractivity contribution >= 4 is 5.78 Å². The number of carbonyl (C=O) groups is 1. The van der Waals surface area contributed by atoms with Crippen LogP contribution in [0.3, 0.4) is 0 Å². The number of ether oxygens (including phenoxy) is 1. The predicted octanol–water partition coefficient (Wildman–Crippen LogP) is -0.356. The van der Waals surface area contributed by atoms with Crippen molar-refractivity contribution in [1.29, 1.82) is 0 Å². The van der Waals surface area contributed by atoms with Crippen LogP contribution in [0.5, 0.6) is 0 Å². The van der Waals surface area contributed by atoms with Gasteiger partial charge in [0.05, 0.1) is 0 Å². The molecule has 0 saturated carbocycles. The summed E-state index contributed by atoms with van der Waals surface area (Å²) in [6, 6.07) is 0. The number of fused-ring (bicyclic) bond motifs is 1. The number of carbonyl (C=O) groups excluding carboxylic acids is 1. The number of aliphatic hydroxyl groups is 1. The summed E-state index contributed by atoms with van der Waals surface area (Å²) in [5.74, 6) is 0.0234. The molecule has 1 aliphatic carbocycles. The van der Waals surface area contributed by atoms with Crippen molar-refractivity contribution < 1.29 is 14.6 Å². The number of hydrogen-bond donors (Lipinski definition) is 1. The van der Waals surface area contributed by atoms with Crippen LogP contribution in [-0.2, 0) is 9.53 Å². The van der Waals surface area contributed by atoms with E-state index in [9.17, 15) is 4.79 Å². The summed E-state index contributed by atoms with van der Waals surface area (Å²) in [6.45, 7) is 1.70. The van der Waals surface area contributed by atoms with Gasteiger partial charge in [-0.2, -0.15) is 0 Å². The van der Waals surface area contributed by atoms with E-state index >= 15 is 0 Å². The van der Waals surface area contributed by atoms with Crippen molar-refractivity contribution in [1.82, 2.24) is 0 Å². The van der Waals surface area contributed by atoms with Crippen LogP contribution >= 0.6 is 0 Å². The molecule has 3 nitrogen and oxygen atoms in total. The van der Waals surface area contributed by atoms with Crippen molar-refractivity contribution in [3.05, 3.63) is 11.6 Å². The van der Waals surface area contributed by atoms with Gasteiger partial charge in [-0.05, 0) is 18.6 Å². The molecular formula is C7H8O3. The summed E-state index contributed by atoms with van der Waals surface area (Å²) in [7, 11) is 0. The number of aliphatic hydroxyl groups excluding tert-OH is 1. The third kappa shape index (κ3) is 0.646. The summed E-state index contributed by atoms with van der Waals surface area (Å²) in [5, 5.41) is 9.15. The minimum absolute atomic E-state index is 0.0234. The zero-order valence-corrected chi connectivity index (χ0v) is 5.57. The molecular weight excluding hydrogens is 132 g/mol. The summed E-state index contributed by atoms with van der Waals surface area (Å²) in [5.41, 5.74) is 0.617. The van der Waals surface area contributed by atoms with Gasteiger partial charge >= 0.3 is 0 Å². The first kappa shape index (κ1) is 6.07. The minimum Gasteiger partial charge on any atom is -0.386 e. The van der Waals surface area contributed by atoms with Gasteiger partial charge in [0.2, 0.25) is 0 Å². The van der Waals surface area contributed by atoms with Crippen LogP contribution in [0.15, 0.2) is 11.6 Å². The van der Waals surface area contributed by atoms with Crippen LogP contribution in [0.1, 0.15) is 6.92 Å². The lowest BCUT2D eigenvalue weighted by Crippen LogP contribution is -2.25. The molecule has 0 aromatic heterocycles. The topological polar surface area (TPSA) is 49.8 Å². The molecule has 1 N–H and O–H groups in total. The highest BCUT2D eigenvalue weighted by molar-refractivity contribution is 6.01. The maximum absolute atomic E-state index is 11.0. The lowest BCUT2D eigenvalue weighted by atomic mass is 9.98. The average Bonchev–Trinajstić information content (AvgIpc) is 2.61. The highest BCUT2D eigenvalue weighted by Crippen LogP contribution is 2.33. The molecule has 2 rings (SSSR count). The first-order chi connectivity index (χ1) is 4.70. The lowest BCUT2D eigenvalue weighted by Gasteiger charge is -2.07. The normalized spacial score (nSPS) is 44.4. The molecule has 1 saturated heterocycles. The van der Waals surface area contributed by atoms with E-state index in [0.717, 1.165) is 0 Å². The van der Waals surface area contributed by atoms with Crippen molar-refractivity contribution in [2.24, 2.45) is 0 Å². The second-order valence-electron chi connectivity index (χ2n) is 2.73. The molecule has 2 aliphatic rings. The largest absolute Gasteiger partial charge is 0.386 e. The first-order valence-corrected chi connectivity index (χ1v) is 3.26. The molecule has 0 unspecified atom stereocenters. The number of epoxide rings is 1. The van der Waals surface area contributed by atoms with Crippen LogP contribution in [0.25, 0.3) is 0 Å². The Morgan fingerprint density at radius 1 is 1.70 bits per heavy atom. The standard InChI is InChI=1S/C7H8O3/c1-3-2-4(8)6-7(10-6)5(3)9/h2,4,6-8H,1H3/t4-,6-,7+/m0/s1. The fourth-order valence-electron chi connectivity index (χ4n) is 1.25. The molecule has 10 heavy (non-hydrogen) atoms. The Balaban J connectivity index is 2.30. The molecule has 0 bridgehead atoms. The quantitative estimate of drug-likeness (QED) is 0.467. The van der Waals surface area contributed by atoms with Crippen molar-refractivity contribution in [2.75, 3.05) is 0 Å². The first-order valence-electron chi connectivity index (χ1n) is 3.26. The zero-order chi connectivity index (χ0) is 7.30. The third-order valence-electron chi connectivity index (χ3n) is 1.93. The number of Topliss-reactive ketones (excluding diaryl/α,β-unsaturated/α-hetero) is 1. The number of rotatable bonds is 0. The number of ketones is 1. The molecule has 0 spiro atoms. The van der Waals surface area contributed by atoms with Gasteiger partial charge in [-0.3, -0.25) is 4.79 Å². The van der Waals surface area contributed by atoms with Gasteiger partial charge in [0.25, 0.3) is 0 Å². The molecule has 0 radical (unpaired) electrons. The van der Waals surface area contributed by atoms with Crippen LogP contribution in [0.2, 0.25) is 0 Å². The maximum atomic E-state index is 11.0. The smallest absolute Gasteiger partial charge is 0.189 e. The van der Waals surface area contributed by atoms with Gasteiger partial charge in [-0.1, -0.05) is 0 Å². The molecule has 1 heterocycles. The minimum atomic E-state index is -0.567.